The van der Waals surface area contributed by atoms with Crippen LogP contribution >= 0.6 is 0 Å². The van der Waals surface area contributed by atoms with Gasteiger partial charge >= 0.3 is 0 Å². The van der Waals surface area contributed by atoms with Crippen molar-refractivity contribution in [2.75, 3.05) is 7.05 Å². The third-order valence-electron chi connectivity index (χ3n) is 4.01. The highest BCUT2D eigenvalue weighted by molar-refractivity contribution is 5.41. The molecule has 3 heteroatoms. The molecule has 0 fully saturated rings. The van der Waals surface area contributed by atoms with E-state index >= 15 is 0 Å². The molecule has 0 saturated heterocycles. The fraction of sp³-hybridized carbons (Fsp3) is 0.200. The van der Waals surface area contributed by atoms with Crippen molar-refractivity contribution in [3.05, 3.63) is 89.4 Å². The maximum absolute atomic E-state index is 10.4. The van der Waals surface area contributed by atoms with Gasteiger partial charge in [-0.2, -0.15) is 0 Å². The Bertz CT molecular complexity index is 751. The first-order chi connectivity index (χ1) is 11.1. The number of aromatic hydroxyl groups is 1. The van der Waals surface area contributed by atoms with Crippen LogP contribution in [0.5, 0.6) is 5.75 Å². The Morgan fingerprint density at radius 2 is 1.83 bits per heavy atom. The number of phenols is 1. The normalized spacial score (nSPS) is 12.5. The summed E-state index contributed by atoms with van der Waals surface area (Å²) in [6.07, 6.45) is 1.67. The average Bonchev–Trinajstić information content (AvgIpc) is 3.05. The quantitative estimate of drug-likeness (QED) is 0.753. The van der Waals surface area contributed by atoms with E-state index < -0.39 is 0 Å². The highest BCUT2D eigenvalue weighted by Crippen LogP contribution is 2.35. The van der Waals surface area contributed by atoms with E-state index in [0.717, 1.165) is 23.4 Å². The van der Waals surface area contributed by atoms with E-state index in [1.165, 1.54) is 5.56 Å². The maximum Gasteiger partial charge on any atom is 0.125 e. The summed E-state index contributed by atoms with van der Waals surface area (Å²) >= 11 is 0. The van der Waals surface area contributed by atoms with Crippen molar-refractivity contribution in [1.82, 2.24) is 4.90 Å². The van der Waals surface area contributed by atoms with Crippen LogP contribution in [0.1, 0.15) is 28.5 Å². The molecule has 0 spiro atoms. The summed E-state index contributed by atoms with van der Waals surface area (Å²) < 4.78 is 5.64. The third kappa shape index (κ3) is 3.46. The molecule has 0 radical (unpaired) electrons. The van der Waals surface area contributed by atoms with Gasteiger partial charge in [0.2, 0.25) is 0 Å². The van der Waals surface area contributed by atoms with E-state index in [2.05, 4.69) is 17.0 Å². The summed E-state index contributed by atoms with van der Waals surface area (Å²) in [6.45, 7) is 2.73. The number of aryl methyl sites for hydroxylation is 1. The SMILES string of the molecule is Cc1ccc(C(c2ccco2)N(C)Cc2ccccc2)c(O)c1. The van der Waals surface area contributed by atoms with Gasteiger partial charge in [-0.25, -0.2) is 0 Å². The summed E-state index contributed by atoms with van der Waals surface area (Å²) in [5.74, 6) is 1.12. The Labute approximate surface area is 136 Å². The van der Waals surface area contributed by atoms with Crippen molar-refractivity contribution < 1.29 is 9.52 Å². The molecular formula is C20H21NO2. The van der Waals surface area contributed by atoms with E-state index in [4.69, 9.17) is 4.42 Å². The molecule has 3 rings (SSSR count). The molecule has 118 valence electrons. The van der Waals surface area contributed by atoms with Gasteiger partial charge in [0.15, 0.2) is 0 Å². The Hall–Kier alpha value is -2.52. The molecule has 1 heterocycles. The van der Waals surface area contributed by atoms with Gasteiger partial charge in [-0.05, 0) is 43.3 Å². The first-order valence-corrected chi connectivity index (χ1v) is 7.72. The topological polar surface area (TPSA) is 36.6 Å². The van der Waals surface area contributed by atoms with Crippen LogP contribution in [0.2, 0.25) is 0 Å². The molecule has 0 saturated carbocycles. The summed E-state index contributed by atoms with van der Waals surface area (Å²) in [6, 6.07) is 19.8. The standard InChI is InChI=1S/C20H21NO2/c1-15-10-11-17(18(22)13-15)20(19-9-6-12-23-19)21(2)14-16-7-4-3-5-8-16/h3-13,20,22H,14H2,1-2H3. The van der Waals surface area contributed by atoms with Crippen molar-refractivity contribution in [3.63, 3.8) is 0 Å². The highest BCUT2D eigenvalue weighted by Gasteiger charge is 2.24. The zero-order valence-electron chi connectivity index (χ0n) is 13.4. The Morgan fingerprint density at radius 1 is 1.04 bits per heavy atom. The fourth-order valence-corrected chi connectivity index (χ4v) is 2.90. The molecule has 23 heavy (non-hydrogen) atoms. The van der Waals surface area contributed by atoms with Crippen LogP contribution in [0.4, 0.5) is 0 Å². The van der Waals surface area contributed by atoms with E-state index in [-0.39, 0.29) is 6.04 Å². The lowest BCUT2D eigenvalue weighted by atomic mass is 10.00. The second-order valence-electron chi connectivity index (χ2n) is 5.88. The van der Waals surface area contributed by atoms with E-state index in [9.17, 15) is 5.11 Å². The molecule has 0 bridgehead atoms. The zero-order valence-corrected chi connectivity index (χ0v) is 13.4. The fourth-order valence-electron chi connectivity index (χ4n) is 2.90. The van der Waals surface area contributed by atoms with Crippen molar-refractivity contribution in [2.45, 2.75) is 19.5 Å². The lowest BCUT2D eigenvalue weighted by Crippen LogP contribution is -2.25. The molecule has 3 aromatic rings. The van der Waals surface area contributed by atoms with Crippen LogP contribution < -0.4 is 0 Å². The summed E-state index contributed by atoms with van der Waals surface area (Å²) in [5.41, 5.74) is 3.11. The van der Waals surface area contributed by atoms with E-state index in [1.807, 2.05) is 56.4 Å². The predicted molar refractivity (Wildman–Crippen MR) is 91.3 cm³/mol. The summed E-state index contributed by atoms with van der Waals surface area (Å²) in [4.78, 5) is 2.18. The second kappa shape index (κ2) is 6.71. The smallest absolute Gasteiger partial charge is 0.125 e. The minimum Gasteiger partial charge on any atom is -0.508 e. The number of hydrogen-bond acceptors (Lipinski definition) is 3. The van der Waals surface area contributed by atoms with Crippen LogP contribution in [-0.4, -0.2) is 17.1 Å². The van der Waals surface area contributed by atoms with Crippen molar-refractivity contribution in [2.24, 2.45) is 0 Å². The maximum atomic E-state index is 10.4. The molecule has 0 amide bonds. The van der Waals surface area contributed by atoms with Gasteiger partial charge in [-0.1, -0.05) is 42.5 Å². The first kappa shape index (κ1) is 15.4. The van der Waals surface area contributed by atoms with Crippen molar-refractivity contribution in [1.29, 1.82) is 0 Å². The monoisotopic (exact) mass is 307 g/mol. The lowest BCUT2D eigenvalue weighted by molar-refractivity contribution is 0.236. The molecule has 1 atom stereocenters. The van der Waals surface area contributed by atoms with Crippen LogP contribution in [0.15, 0.2) is 71.3 Å². The minimum absolute atomic E-state index is 0.134. The van der Waals surface area contributed by atoms with Crippen molar-refractivity contribution >= 4 is 0 Å². The van der Waals surface area contributed by atoms with Gasteiger partial charge in [-0.15, -0.1) is 0 Å². The van der Waals surface area contributed by atoms with Crippen LogP contribution in [-0.2, 0) is 6.54 Å². The molecule has 1 unspecified atom stereocenters. The number of nitrogens with zero attached hydrogens (tertiary/aromatic N) is 1. The van der Waals surface area contributed by atoms with Gasteiger partial charge in [0, 0.05) is 12.1 Å². The van der Waals surface area contributed by atoms with Gasteiger partial charge in [0.25, 0.3) is 0 Å². The third-order valence-corrected chi connectivity index (χ3v) is 4.01. The van der Waals surface area contributed by atoms with Gasteiger partial charge in [-0.3, -0.25) is 4.90 Å². The number of phenolic OH excluding ortho intramolecular Hbond substituents is 1. The second-order valence-corrected chi connectivity index (χ2v) is 5.88. The number of rotatable bonds is 5. The van der Waals surface area contributed by atoms with Crippen LogP contribution in [0.25, 0.3) is 0 Å². The van der Waals surface area contributed by atoms with Gasteiger partial charge in [0.05, 0.1) is 12.3 Å². The lowest BCUT2D eigenvalue weighted by Gasteiger charge is -2.27. The number of hydrogen-bond donors (Lipinski definition) is 1. The predicted octanol–water partition coefficient (Wildman–Crippen LogP) is 4.52. The van der Waals surface area contributed by atoms with Gasteiger partial charge < -0.3 is 9.52 Å². The number of benzene rings is 2. The molecule has 0 aliphatic heterocycles. The van der Waals surface area contributed by atoms with Crippen molar-refractivity contribution in [3.8, 4) is 5.75 Å². The molecule has 1 aromatic heterocycles. The Morgan fingerprint density at radius 3 is 2.48 bits per heavy atom. The average molecular weight is 307 g/mol. The molecule has 2 aromatic carbocycles. The summed E-state index contributed by atoms with van der Waals surface area (Å²) in [5, 5.41) is 10.4. The molecule has 0 aliphatic rings. The van der Waals surface area contributed by atoms with Gasteiger partial charge in [0.1, 0.15) is 11.5 Å². The van der Waals surface area contributed by atoms with E-state index in [0.29, 0.717) is 5.75 Å². The van der Waals surface area contributed by atoms with Crippen LogP contribution in [0.3, 0.4) is 0 Å². The Balaban J connectivity index is 1.96. The summed E-state index contributed by atoms with van der Waals surface area (Å²) in [7, 11) is 2.04. The molecule has 3 nitrogen and oxygen atoms in total. The highest BCUT2D eigenvalue weighted by atomic mass is 16.3. The largest absolute Gasteiger partial charge is 0.508 e. The molecule has 0 aliphatic carbocycles. The number of furan rings is 1. The Kier molecular flexibility index (Phi) is 4.49. The van der Waals surface area contributed by atoms with E-state index in [1.54, 1.807) is 12.3 Å². The first-order valence-electron chi connectivity index (χ1n) is 7.72. The van der Waals surface area contributed by atoms with Crippen LogP contribution in [0, 0.1) is 6.92 Å². The zero-order chi connectivity index (χ0) is 16.2. The minimum atomic E-state index is -0.134. The molecule has 1 N–H and O–H groups in total. The molecular weight excluding hydrogens is 286 g/mol.